The summed E-state index contributed by atoms with van der Waals surface area (Å²) < 4.78 is 6.63. The van der Waals surface area contributed by atoms with Crippen molar-refractivity contribution in [3.63, 3.8) is 0 Å². The van der Waals surface area contributed by atoms with E-state index in [4.69, 9.17) is 10.5 Å². The van der Waals surface area contributed by atoms with Gasteiger partial charge in [-0.2, -0.15) is 0 Å². The Bertz CT molecular complexity index is 347. The Morgan fingerprint density at radius 2 is 2.27 bits per heavy atom. The monoisotopic (exact) mass is 269 g/mol. The Balaban J connectivity index is 2.85. The van der Waals surface area contributed by atoms with Gasteiger partial charge >= 0.3 is 0 Å². The summed E-state index contributed by atoms with van der Waals surface area (Å²) in [6, 6.07) is 5.86. The predicted molar refractivity (Wildman–Crippen MR) is 67.1 cm³/mol. The maximum absolute atomic E-state index is 5.87. The minimum Gasteiger partial charge on any atom is -0.489 e. The van der Waals surface area contributed by atoms with Crippen LogP contribution in [0.1, 0.15) is 25.5 Å². The van der Waals surface area contributed by atoms with Crippen LogP contribution < -0.4 is 10.5 Å². The van der Waals surface area contributed by atoms with Crippen LogP contribution in [-0.2, 0) is 0 Å². The average molecular weight is 270 g/mol. The molecule has 0 amide bonds. The molecule has 0 spiro atoms. The molecule has 3 heteroatoms. The van der Waals surface area contributed by atoms with E-state index in [1.807, 2.05) is 44.2 Å². The summed E-state index contributed by atoms with van der Waals surface area (Å²) in [5.41, 5.74) is 6.89. The van der Waals surface area contributed by atoms with E-state index in [0.29, 0.717) is 6.61 Å². The number of ether oxygens (including phenoxy) is 1. The zero-order valence-electron chi connectivity index (χ0n) is 9.03. The summed E-state index contributed by atoms with van der Waals surface area (Å²) in [6.07, 6.45) is 3.93. The normalized spacial score (nSPS) is 13.1. The maximum atomic E-state index is 5.87. The molecule has 15 heavy (non-hydrogen) atoms. The van der Waals surface area contributed by atoms with Crippen molar-refractivity contribution in [2.45, 2.75) is 19.9 Å². The summed E-state index contributed by atoms with van der Waals surface area (Å²) >= 11 is 3.42. The van der Waals surface area contributed by atoms with Crippen molar-refractivity contribution in [3.8, 4) is 5.75 Å². The molecule has 0 aromatic heterocycles. The fourth-order valence-electron chi connectivity index (χ4n) is 1.24. The Morgan fingerprint density at radius 1 is 1.53 bits per heavy atom. The highest BCUT2D eigenvalue weighted by Gasteiger charge is 2.07. The molecular formula is C12H16BrNO. The number of rotatable bonds is 4. The first-order valence-corrected chi connectivity index (χ1v) is 5.73. The zero-order valence-corrected chi connectivity index (χ0v) is 10.6. The lowest BCUT2D eigenvalue weighted by Crippen LogP contribution is -2.08. The third-order valence-corrected chi connectivity index (χ3v) is 2.53. The standard InChI is InChI=1S/C12H16BrNO/c1-3-4-7-15-12-6-5-10(13)8-11(12)9(2)14/h3-6,8-9H,7,14H2,1-2H3/t9-/m1/s1. The van der Waals surface area contributed by atoms with Crippen LogP contribution >= 0.6 is 15.9 Å². The molecule has 2 nitrogen and oxygen atoms in total. The molecule has 0 aliphatic rings. The zero-order chi connectivity index (χ0) is 11.3. The minimum absolute atomic E-state index is 0.0249. The number of allylic oxidation sites excluding steroid dienone is 1. The second kappa shape index (κ2) is 5.93. The molecule has 0 heterocycles. The van der Waals surface area contributed by atoms with Gasteiger partial charge in [0.05, 0.1) is 0 Å². The number of benzene rings is 1. The SMILES string of the molecule is CC=CCOc1ccc(Br)cc1[C@@H](C)N. The number of hydrogen-bond acceptors (Lipinski definition) is 2. The fourth-order valence-corrected chi connectivity index (χ4v) is 1.62. The van der Waals surface area contributed by atoms with Gasteiger partial charge in [-0.1, -0.05) is 28.1 Å². The molecule has 82 valence electrons. The van der Waals surface area contributed by atoms with Gasteiger partial charge in [-0.25, -0.2) is 0 Å². The first-order valence-electron chi connectivity index (χ1n) is 4.94. The molecule has 0 aliphatic carbocycles. The second-order valence-corrected chi connectivity index (χ2v) is 4.27. The molecule has 1 atom stereocenters. The molecule has 1 rings (SSSR count). The second-order valence-electron chi connectivity index (χ2n) is 3.35. The van der Waals surface area contributed by atoms with Crippen LogP contribution in [0.4, 0.5) is 0 Å². The van der Waals surface area contributed by atoms with Gasteiger partial charge in [-0.15, -0.1) is 0 Å². The Hall–Kier alpha value is -0.800. The van der Waals surface area contributed by atoms with Crippen molar-refractivity contribution in [2.24, 2.45) is 5.73 Å². The van der Waals surface area contributed by atoms with Crippen LogP contribution in [0.25, 0.3) is 0 Å². The molecule has 1 aromatic rings. The van der Waals surface area contributed by atoms with Crippen LogP contribution in [0.15, 0.2) is 34.8 Å². The van der Waals surface area contributed by atoms with Gasteiger partial charge in [-0.05, 0) is 32.0 Å². The van der Waals surface area contributed by atoms with Crippen LogP contribution in [-0.4, -0.2) is 6.61 Å². The first kappa shape index (κ1) is 12.3. The Kier molecular flexibility index (Phi) is 4.85. The van der Waals surface area contributed by atoms with Crippen molar-refractivity contribution in [1.29, 1.82) is 0 Å². The molecule has 0 bridgehead atoms. The smallest absolute Gasteiger partial charge is 0.124 e. The van der Waals surface area contributed by atoms with E-state index in [9.17, 15) is 0 Å². The first-order chi connectivity index (χ1) is 7.15. The highest BCUT2D eigenvalue weighted by Crippen LogP contribution is 2.27. The number of hydrogen-bond donors (Lipinski definition) is 1. The number of halogens is 1. The number of nitrogens with two attached hydrogens (primary N) is 1. The molecule has 0 aliphatic heterocycles. The minimum atomic E-state index is -0.0249. The largest absolute Gasteiger partial charge is 0.489 e. The van der Waals surface area contributed by atoms with E-state index >= 15 is 0 Å². The van der Waals surface area contributed by atoms with Gasteiger partial charge in [-0.3, -0.25) is 0 Å². The molecule has 0 unspecified atom stereocenters. The Labute approximate surface area is 99.3 Å². The molecule has 1 aromatic carbocycles. The molecule has 0 saturated carbocycles. The van der Waals surface area contributed by atoms with Crippen molar-refractivity contribution >= 4 is 15.9 Å². The van der Waals surface area contributed by atoms with Gasteiger partial charge in [0.1, 0.15) is 12.4 Å². The van der Waals surface area contributed by atoms with Crippen LogP contribution in [0.3, 0.4) is 0 Å². The van der Waals surface area contributed by atoms with Gasteiger partial charge < -0.3 is 10.5 Å². The maximum Gasteiger partial charge on any atom is 0.124 e. The van der Waals surface area contributed by atoms with Crippen molar-refractivity contribution in [1.82, 2.24) is 0 Å². The van der Waals surface area contributed by atoms with Gasteiger partial charge in [0.15, 0.2) is 0 Å². The van der Waals surface area contributed by atoms with Gasteiger partial charge in [0.25, 0.3) is 0 Å². The molecule has 0 saturated heterocycles. The summed E-state index contributed by atoms with van der Waals surface area (Å²) in [7, 11) is 0. The molecule has 2 N–H and O–H groups in total. The van der Waals surface area contributed by atoms with Crippen molar-refractivity contribution in [3.05, 3.63) is 40.4 Å². The van der Waals surface area contributed by atoms with Crippen LogP contribution in [0.5, 0.6) is 5.75 Å². The summed E-state index contributed by atoms with van der Waals surface area (Å²) in [4.78, 5) is 0. The van der Waals surface area contributed by atoms with E-state index < -0.39 is 0 Å². The lowest BCUT2D eigenvalue weighted by atomic mass is 10.1. The van der Waals surface area contributed by atoms with E-state index in [1.54, 1.807) is 0 Å². The molecular weight excluding hydrogens is 254 g/mol. The van der Waals surface area contributed by atoms with Crippen molar-refractivity contribution < 1.29 is 4.74 Å². The van der Waals surface area contributed by atoms with E-state index in [-0.39, 0.29) is 6.04 Å². The fraction of sp³-hybridized carbons (Fsp3) is 0.333. The highest BCUT2D eigenvalue weighted by molar-refractivity contribution is 9.10. The van der Waals surface area contributed by atoms with Crippen LogP contribution in [0, 0.1) is 0 Å². The van der Waals surface area contributed by atoms with E-state index in [0.717, 1.165) is 15.8 Å². The summed E-state index contributed by atoms with van der Waals surface area (Å²) in [6.45, 7) is 4.50. The summed E-state index contributed by atoms with van der Waals surface area (Å²) in [5.74, 6) is 0.853. The third-order valence-electron chi connectivity index (χ3n) is 2.03. The summed E-state index contributed by atoms with van der Waals surface area (Å²) in [5, 5.41) is 0. The highest BCUT2D eigenvalue weighted by atomic mass is 79.9. The van der Waals surface area contributed by atoms with E-state index in [1.165, 1.54) is 0 Å². The van der Waals surface area contributed by atoms with Crippen molar-refractivity contribution in [2.75, 3.05) is 6.61 Å². The topological polar surface area (TPSA) is 35.2 Å². The lowest BCUT2D eigenvalue weighted by Gasteiger charge is -2.13. The molecule has 0 fully saturated rings. The third kappa shape index (κ3) is 3.68. The predicted octanol–water partition coefficient (Wildman–Crippen LogP) is 3.42. The van der Waals surface area contributed by atoms with Gasteiger partial charge in [0.2, 0.25) is 0 Å². The van der Waals surface area contributed by atoms with Gasteiger partial charge in [0, 0.05) is 16.1 Å². The average Bonchev–Trinajstić information content (AvgIpc) is 2.20. The molecule has 0 radical (unpaired) electrons. The quantitative estimate of drug-likeness (QED) is 0.851. The van der Waals surface area contributed by atoms with E-state index in [2.05, 4.69) is 15.9 Å². The lowest BCUT2D eigenvalue weighted by molar-refractivity contribution is 0.356. The van der Waals surface area contributed by atoms with Crippen LogP contribution in [0.2, 0.25) is 0 Å². The Morgan fingerprint density at radius 3 is 2.87 bits per heavy atom.